The van der Waals surface area contributed by atoms with Gasteiger partial charge in [0.2, 0.25) is 0 Å². The summed E-state index contributed by atoms with van der Waals surface area (Å²) in [6, 6.07) is 3.17. The van der Waals surface area contributed by atoms with Gasteiger partial charge in [0.15, 0.2) is 33.1 Å². The summed E-state index contributed by atoms with van der Waals surface area (Å²) in [5.41, 5.74) is -1.61. The maximum atomic E-state index is 13.8. The van der Waals surface area contributed by atoms with Crippen molar-refractivity contribution in [1.82, 2.24) is 0 Å². The van der Waals surface area contributed by atoms with Gasteiger partial charge in [0, 0.05) is 11.9 Å². The Hall–Kier alpha value is -1.65. The number of hydrogen-bond donors (Lipinski definition) is 1. The van der Waals surface area contributed by atoms with Gasteiger partial charge in [0.05, 0.1) is 14.4 Å². The fourth-order valence-electron chi connectivity index (χ4n) is 1.88. The summed E-state index contributed by atoms with van der Waals surface area (Å²) in [5, 5.41) is 1.73. The summed E-state index contributed by atoms with van der Waals surface area (Å²) in [4.78, 5) is 11.7. The molecular weight excluding hydrogens is 454 g/mol. The number of benzene rings is 2. The lowest BCUT2D eigenvalue weighted by Gasteiger charge is -2.11. The van der Waals surface area contributed by atoms with Gasteiger partial charge in [-0.2, -0.15) is 0 Å². The molecule has 134 valence electrons. The molecule has 11 heteroatoms. The molecule has 0 heterocycles. The number of rotatable bonds is 3. The van der Waals surface area contributed by atoms with Crippen LogP contribution in [-0.2, 0) is 9.84 Å². The molecule has 1 amide bonds. The van der Waals surface area contributed by atoms with Crippen molar-refractivity contribution in [2.45, 2.75) is 4.90 Å². The molecule has 0 radical (unpaired) electrons. The average Bonchev–Trinajstić information content (AvgIpc) is 2.50. The molecule has 0 atom stereocenters. The van der Waals surface area contributed by atoms with Crippen molar-refractivity contribution in [2.24, 2.45) is 0 Å². The molecule has 2 aromatic carbocycles. The van der Waals surface area contributed by atoms with Gasteiger partial charge < -0.3 is 5.32 Å². The fraction of sp³-hybridized carbons (Fsp3) is 0.0714. The zero-order valence-corrected chi connectivity index (χ0v) is 15.3. The van der Waals surface area contributed by atoms with Crippen LogP contribution in [0.15, 0.2) is 27.6 Å². The molecule has 0 bridgehead atoms. The van der Waals surface area contributed by atoms with Crippen molar-refractivity contribution in [3.63, 3.8) is 0 Å². The van der Waals surface area contributed by atoms with Crippen LogP contribution in [0.3, 0.4) is 0 Å². The van der Waals surface area contributed by atoms with E-state index in [9.17, 15) is 30.8 Å². The standard InChI is InChI=1S/C14H7BrClF4NO3S/c1-25(23,24)7-3-2-5(4-6(7)16)21-14(22)8-10(17)12(19)9(15)13(20)11(8)18/h2-4H,1H3,(H,21,22). The van der Waals surface area contributed by atoms with Crippen molar-refractivity contribution in [3.8, 4) is 0 Å². The molecule has 0 aromatic heterocycles. The number of carbonyl (C=O) groups is 1. The Bertz CT molecular complexity index is 969. The SMILES string of the molecule is CS(=O)(=O)c1ccc(NC(=O)c2c(F)c(F)c(Br)c(F)c2F)cc1Cl. The topological polar surface area (TPSA) is 63.2 Å². The van der Waals surface area contributed by atoms with Crippen molar-refractivity contribution >= 4 is 49.0 Å². The maximum absolute atomic E-state index is 13.8. The van der Waals surface area contributed by atoms with Crippen LogP contribution in [0.5, 0.6) is 0 Å². The second-order valence-electron chi connectivity index (χ2n) is 4.82. The summed E-state index contributed by atoms with van der Waals surface area (Å²) in [6.07, 6.45) is 0.907. The average molecular weight is 461 g/mol. The fourth-order valence-corrected chi connectivity index (χ4v) is 3.55. The van der Waals surface area contributed by atoms with E-state index in [-0.39, 0.29) is 15.6 Å². The predicted octanol–water partition coefficient (Wildman–Crippen LogP) is 4.31. The Morgan fingerprint density at radius 2 is 1.60 bits per heavy atom. The van der Waals surface area contributed by atoms with Crippen LogP contribution in [-0.4, -0.2) is 20.6 Å². The third kappa shape index (κ3) is 3.80. The predicted molar refractivity (Wildman–Crippen MR) is 86.5 cm³/mol. The molecule has 0 unspecified atom stereocenters. The Labute approximate surface area is 152 Å². The molecule has 0 fully saturated rings. The van der Waals surface area contributed by atoms with E-state index in [0.717, 1.165) is 24.5 Å². The van der Waals surface area contributed by atoms with Gasteiger partial charge in [-0.1, -0.05) is 11.6 Å². The lowest BCUT2D eigenvalue weighted by Crippen LogP contribution is -2.18. The highest BCUT2D eigenvalue weighted by Crippen LogP contribution is 2.29. The van der Waals surface area contributed by atoms with Crippen molar-refractivity contribution in [3.05, 3.63) is 56.5 Å². The summed E-state index contributed by atoms with van der Waals surface area (Å²) in [7, 11) is -3.63. The lowest BCUT2D eigenvalue weighted by atomic mass is 10.1. The molecular formula is C14H7BrClF4NO3S. The van der Waals surface area contributed by atoms with Crippen LogP contribution in [0.1, 0.15) is 10.4 Å². The van der Waals surface area contributed by atoms with Crippen LogP contribution in [0, 0.1) is 23.3 Å². The second-order valence-corrected chi connectivity index (χ2v) is 8.00. The highest BCUT2D eigenvalue weighted by atomic mass is 79.9. The van der Waals surface area contributed by atoms with Crippen molar-refractivity contribution in [1.29, 1.82) is 0 Å². The van der Waals surface area contributed by atoms with E-state index >= 15 is 0 Å². The van der Waals surface area contributed by atoms with Gasteiger partial charge in [0.1, 0.15) is 5.56 Å². The van der Waals surface area contributed by atoms with E-state index in [1.165, 1.54) is 0 Å². The van der Waals surface area contributed by atoms with Gasteiger partial charge in [-0.25, -0.2) is 26.0 Å². The molecule has 4 nitrogen and oxygen atoms in total. The Balaban J connectivity index is 2.44. The summed E-state index contributed by atoms with van der Waals surface area (Å²) in [6.45, 7) is 0. The van der Waals surface area contributed by atoms with Crippen LogP contribution in [0.4, 0.5) is 23.2 Å². The minimum Gasteiger partial charge on any atom is -0.322 e. The molecule has 0 spiro atoms. The zero-order chi connectivity index (χ0) is 19.1. The first-order valence-corrected chi connectivity index (χ1v) is 9.33. The smallest absolute Gasteiger partial charge is 0.261 e. The number of carbonyl (C=O) groups excluding carboxylic acids is 1. The molecule has 0 aliphatic carbocycles. The minimum absolute atomic E-state index is 0.134. The molecule has 0 aliphatic rings. The second kappa shape index (κ2) is 6.93. The van der Waals surface area contributed by atoms with Gasteiger partial charge >= 0.3 is 0 Å². The number of anilines is 1. The number of nitrogens with one attached hydrogen (secondary N) is 1. The van der Waals surface area contributed by atoms with Gasteiger partial charge in [0.25, 0.3) is 5.91 Å². The first-order chi connectivity index (χ1) is 11.4. The first kappa shape index (κ1) is 19.7. The highest BCUT2D eigenvalue weighted by Gasteiger charge is 2.28. The summed E-state index contributed by atoms with van der Waals surface area (Å²) >= 11 is 8.10. The molecule has 1 N–H and O–H groups in total. The molecule has 25 heavy (non-hydrogen) atoms. The van der Waals surface area contributed by atoms with Gasteiger partial charge in [-0.05, 0) is 34.1 Å². The summed E-state index contributed by atoms with van der Waals surface area (Å²) in [5.74, 6) is -8.79. The summed E-state index contributed by atoms with van der Waals surface area (Å²) < 4.78 is 76.3. The lowest BCUT2D eigenvalue weighted by molar-refractivity contribution is 0.101. The number of hydrogen-bond acceptors (Lipinski definition) is 3. The molecule has 2 aromatic rings. The Morgan fingerprint density at radius 3 is 2.04 bits per heavy atom. The quantitative estimate of drug-likeness (QED) is 0.422. The van der Waals surface area contributed by atoms with E-state index < -0.39 is 49.0 Å². The van der Waals surface area contributed by atoms with Crippen molar-refractivity contribution in [2.75, 3.05) is 11.6 Å². The molecule has 0 aliphatic heterocycles. The molecule has 0 saturated heterocycles. The molecule has 2 rings (SSSR count). The van der Waals surface area contributed by atoms with Crippen LogP contribution < -0.4 is 5.32 Å². The molecule has 0 saturated carbocycles. The number of halogens is 6. The van der Waals surface area contributed by atoms with Gasteiger partial charge in [-0.3, -0.25) is 4.79 Å². The Morgan fingerprint density at radius 1 is 1.08 bits per heavy atom. The number of amides is 1. The maximum Gasteiger partial charge on any atom is 0.261 e. The first-order valence-electron chi connectivity index (χ1n) is 6.27. The van der Waals surface area contributed by atoms with Crippen LogP contribution in [0.2, 0.25) is 5.02 Å². The van der Waals surface area contributed by atoms with E-state index in [1.807, 2.05) is 5.32 Å². The van der Waals surface area contributed by atoms with Crippen LogP contribution in [0.25, 0.3) is 0 Å². The minimum atomic E-state index is -3.63. The highest BCUT2D eigenvalue weighted by molar-refractivity contribution is 9.10. The number of sulfone groups is 1. The van der Waals surface area contributed by atoms with E-state index in [1.54, 1.807) is 0 Å². The zero-order valence-electron chi connectivity index (χ0n) is 12.1. The normalized spacial score (nSPS) is 11.5. The van der Waals surface area contributed by atoms with Gasteiger partial charge in [-0.15, -0.1) is 0 Å². The van der Waals surface area contributed by atoms with E-state index in [0.29, 0.717) is 0 Å². The largest absolute Gasteiger partial charge is 0.322 e. The van der Waals surface area contributed by atoms with Crippen LogP contribution >= 0.6 is 27.5 Å². The Kier molecular flexibility index (Phi) is 5.45. The third-order valence-electron chi connectivity index (χ3n) is 3.03. The van der Waals surface area contributed by atoms with E-state index in [4.69, 9.17) is 11.6 Å². The monoisotopic (exact) mass is 459 g/mol. The van der Waals surface area contributed by atoms with Crippen molar-refractivity contribution < 1.29 is 30.8 Å². The third-order valence-corrected chi connectivity index (χ3v) is 5.30. The van der Waals surface area contributed by atoms with E-state index in [2.05, 4.69) is 15.9 Å².